The van der Waals surface area contributed by atoms with E-state index in [0.717, 1.165) is 25.2 Å². The molecule has 1 aromatic rings. The third-order valence-corrected chi connectivity index (χ3v) is 7.02. The van der Waals surface area contributed by atoms with Crippen molar-refractivity contribution < 1.29 is 14.4 Å². The van der Waals surface area contributed by atoms with Gasteiger partial charge in [-0.15, -0.1) is 0 Å². The number of benzene rings is 1. The summed E-state index contributed by atoms with van der Waals surface area (Å²) >= 11 is 0. The number of carbonyl (C=O) groups is 3. The van der Waals surface area contributed by atoms with E-state index in [2.05, 4.69) is 30.0 Å². The number of fused-ring (bicyclic) bond motifs is 5. The number of piperazine rings is 1. The Labute approximate surface area is 164 Å². The van der Waals surface area contributed by atoms with Crippen LogP contribution in [0.4, 0.5) is 5.69 Å². The third kappa shape index (κ3) is 2.58. The minimum atomic E-state index is -0.232. The zero-order valence-electron chi connectivity index (χ0n) is 16.1. The van der Waals surface area contributed by atoms with E-state index in [0.29, 0.717) is 13.1 Å². The number of nitrogens with zero attached hydrogens (tertiary/aromatic N) is 3. The van der Waals surface area contributed by atoms with Crippen LogP contribution in [-0.4, -0.2) is 60.2 Å². The summed E-state index contributed by atoms with van der Waals surface area (Å²) in [5, 5.41) is 0. The number of rotatable bonds is 3. The topological polar surface area (TPSA) is 60.9 Å². The molecule has 146 valence electrons. The number of amides is 3. The highest BCUT2D eigenvalue weighted by Gasteiger charge is 2.60. The van der Waals surface area contributed by atoms with Crippen molar-refractivity contribution in [3.05, 3.63) is 42.0 Å². The van der Waals surface area contributed by atoms with E-state index in [1.165, 1.54) is 10.5 Å². The van der Waals surface area contributed by atoms with Crippen LogP contribution in [0.15, 0.2) is 42.0 Å². The highest BCUT2D eigenvalue weighted by atomic mass is 16.2. The molecule has 2 aliphatic heterocycles. The van der Waals surface area contributed by atoms with E-state index < -0.39 is 0 Å². The lowest BCUT2D eigenvalue weighted by Gasteiger charge is -2.36. The van der Waals surface area contributed by atoms with Crippen LogP contribution in [0.25, 0.3) is 0 Å². The van der Waals surface area contributed by atoms with E-state index in [1.54, 1.807) is 4.90 Å². The van der Waals surface area contributed by atoms with Gasteiger partial charge in [0.1, 0.15) is 6.54 Å². The number of anilines is 1. The molecule has 2 heterocycles. The number of hydrogen-bond donors (Lipinski definition) is 0. The lowest BCUT2D eigenvalue weighted by atomic mass is 9.82. The van der Waals surface area contributed by atoms with E-state index in [1.807, 2.05) is 18.2 Å². The van der Waals surface area contributed by atoms with Gasteiger partial charge >= 0.3 is 0 Å². The molecule has 0 radical (unpaired) electrons. The van der Waals surface area contributed by atoms with Gasteiger partial charge in [0, 0.05) is 31.9 Å². The summed E-state index contributed by atoms with van der Waals surface area (Å²) in [5.74, 6) is -0.476. The van der Waals surface area contributed by atoms with E-state index in [-0.39, 0.29) is 47.9 Å². The number of carbonyl (C=O) groups excluding carboxylic acids is 3. The Morgan fingerprint density at radius 2 is 1.68 bits per heavy atom. The van der Waals surface area contributed by atoms with Crippen molar-refractivity contribution in [1.82, 2.24) is 9.80 Å². The predicted molar refractivity (Wildman–Crippen MR) is 104 cm³/mol. The van der Waals surface area contributed by atoms with Crippen molar-refractivity contribution in [1.29, 1.82) is 0 Å². The van der Waals surface area contributed by atoms with Gasteiger partial charge in [-0.05, 0) is 37.3 Å². The second-order valence-electron chi connectivity index (χ2n) is 8.43. The third-order valence-electron chi connectivity index (χ3n) is 7.02. The Morgan fingerprint density at radius 3 is 2.39 bits per heavy atom. The van der Waals surface area contributed by atoms with Crippen molar-refractivity contribution in [2.24, 2.45) is 23.7 Å². The number of para-hydroxylation sites is 1. The molecule has 2 bridgehead atoms. The molecular formula is C22H25N3O3. The maximum absolute atomic E-state index is 12.9. The van der Waals surface area contributed by atoms with E-state index in [4.69, 9.17) is 0 Å². The summed E-state index contributed by atoms with van der Waals surface area (Å²) in [4.78, 5) is 43.8. The van der Waals surface area contributed by atoms with Crippen molar-refractivity contribution in [3.8, 4) is 0 Å². The highest BCUT2D eigenvalue weighted by Crippen LogP contribution is 2.55. The Morgan fingerprint density at radius 1 is 1.00 bits per heavy atom. The first-order valence-electron chi connectivity index (χ1n) is 10.2. The van der Waals surface area contributed by atoms with Gasteiger partial charge in [-0.3, -0.25) is 19.3 Å². The van der Waals surface area contributed by atoms with Crippen molar-refractivity contribution >= 4 is 23.4 Å². The molecule has 6 nitrogen and oxygen atoms in total. The van der Waals surface area contributed by atoms with Crippen LogP contribution in [-0.2, 0) is 14.4 Å². The first kappa shape index (κ1) is 17.5. The van der Waals surface area contributed by atoms with Gasteiger partial charge < -0.3 is 9.80 Å². The number of imide groups is 1. The molecule has 4 aliphatic rings. The highest BCUT2D eigenvalue weighted by molar-refractivity contribution is 6.08. The zero-order valence-corrected chi connectivity index (χ0v) is 16.1. The molecule has 28 heavy (non-hydrogen) atoms. The van der Waals surface area contributed by atoms with Crippen LogP contribution in [0.5, 0.6) is 0 Å². The standard InChI is InChI=1S/C22H25N3O3/c1-14-11-15-12-17(14)20-19(15)21(27)25(22(20)28)13-18(26)24-9-7-23(8-10-24)16-5-3-2-4-6-16/h2-6,11,15,17,19-20H,7-10,12-13H2,1H3/t15-,17+,19+,20-/m0/s1. The number of likely N-dealkylation sites (tertiary alicyclic amines) is 1. The summed E-state index contributed by atoms with van der Waals surface area (Å²) in [7, 11) is 0. The minimum Gasteiger partial charge on any atom is -0.368 e. The fourth-order valence-corrected chi connectivity index (χ4v) is 5.58. The lowest BCUT2D eigenvalue weighted by Crippen LogP contribution is -2.52. The average molecular weight is 379 g/mol. The first-order valence-corrected chi connectivity index (χ1v) is 10.2. The lowest BCUT2D eigenvalue weighted by molar-refractivity contribution is -0.147. The van der Waals surface area contributed by atoms with E-state index in [9.17, 15) is 14.4 Å². The van der Waals surface area contributed by atoms with Crippen LogP contribution in [0.1, 0.15) is 13.3 Å². The Bertz CT molecular complexity index is 857. The molecule has 0 N–H and O–H groups in total. The van der Waals surface area contributed by atoms with Gasteiger partial charge in [0.15, 0.2) is 0 Å². The maximum atomic E-state index is 12.9. The molecule has 4 atom stereocenters. The Kier molecular flexibility index (Phi) is 4.03. The van der Waals surface area contributed by atoms with Gasteiger partial charge in [-0.2, -0.15) is 0 Å². The first-order chi connectivity index (χ1) is 13.5. The van der Waals surface area contributed by atoms with Crippen LogP contribution < -0.4 is 4.90 Å². The molecule has 0 unspecified atom stereocenters. The Hall–Kier alpha value is -2.63. The molecule has 0 aromatic heterocycles. The fourth-order valence-electron chi connectivity index (χ4n) is 5.58. The molecule has 1 saturated carbocycles. The van der Waals surface area contributed by atoms with Crippen molar-refractivity contribution in [3.63, 3.8) is 0 Å². The fraction of sp³-hybridized carbons (Fsp3) is 0.500. The molecule has 2 aliphatic carbocycles. The molecule has 3 fully saturated rings. The molecule has 5 rings (SSSR count). The number of hydrogen-bond acceptors (Lipinski definition) is 4. The van der Waals surface area contributed by atoms with Gasteiger partial charge in [0.2, 0.25) is 17.7 Å². The Balaban J connectivity index is 1.21. The molecule has 2 saturated heterocycles. The monoisotopic (exact) mass is 379 g/mol. The largest absolute Gasteiger partial charge is 0.368 e. The minimum absolute atomic E-state index is 0.103. The second kappa shape index (κ2) is 6.47. The van der Waals surface area contributed by atoms with Gasteiger partial charge in [-0.25, -0.2) is 0 Å². The van der Waals surface area contributed by atoms with Crippen LogP contribution in [0, 0.1) is 23.7 Å². The van der Waals surface area contributed by atoms with Crippen molar-refractivity contribution in [2.45, 2.75) is 13.3 Å². The quantitative estimate of drug-likeness (QED) is 0.590. The SMILES string of the molecule is CC1=C[C@H]2C[C@H]1[C@@H]1C(=O)N(CC(=O)N3CCN(c4ccccc4)CC3)C(=O)[C@@H]12. The van der Waals surface area contributed by atoms with Crippen LogP contribution >= 0.6 is 0 Å². The molecule has 6 heteroatoms. The maximum Gasteiger partial charge on any atom is 0.242 e. The summed E-state index contributed by atoms with van der Waals surface area (Å²) in [6, 6.07) is 10.2. The van der Waals surface area contributed by atoms with E-state index >= 15 is 0 Å². The normalized spacial score (nSPS) is 31.5. The number of allylic oxidation sites excluding steroid dienone is 2. The zero-order chi connectivity index (χ0) is 19.4. The molecule has 1 aromatic carbocycles. The second-order valence-corrected chi connectivity index (χ2v) is 8.43. The summed E-state index contributed by atoms with van der Waals surface area (Å²) in [6.45, 7) is 4.70. The van der Waals surface area contributed by atoms with Gasteiger partial charge in [0.05, 0.1) is 11.8 Å². The van der Waals surface area contributed by atoms with Crippen LogP contribution in [0.2, 0.25) is 0 Å². The molecular weight excluding hydrogens is 354 g/mol. The van der Waals surface area contributed by atoms with Crippen molar-refractivity contribution in [2.75, 3.05) is 37.6 Å². The van der Waals surface area contributed by atoms with Gasteiger partial charge in [-0.1, -0.05) is 29.8 Å². The average Bonchev–Trinajstić information content (AvgIpc) is 3.35. The smallest absolute Gasteiger partial charge is 0.242 e. The van der Waals surface area contributed by atoms with Gasteiger partial charge in [0.25, 0.3) is 0 Å². The molecule has 3 amide bonds. The summed E-state index contributed by atoms with van der Waals surface area (Å²) in [6.07, 6.45) is 3.08. The summed E-state index contributed by atoms with van der Waals surface area (Å²) in [5.41, 5.74) is 2.39. The summed E-state index contributed by atoms with van der Waals surface area (Å²) < 4.78 is 0. The predicted octanol–water partition coefficient (Wildman–Crippen LogP) is 1.53. The molecule has 0 spiro atoms. The van der Waals surface area contributed by atoms with Crippen LogP contribution in [0.3, 0.4) is 0 Å².